The zero-order valence-electron chi connectivity index (χ0n) is 11.7. The number of halogens is 3. The van der Waals surface area contributed by atoms with Crippen LogP contribution in [0.4, 0.5) is 23.7 Å². The van der Waals surface area contributed by atoms with Crippen LogP contribution in [0.15, 0.2) is 18.2 Å². The maximum atomic E-state index is 13.1. The van der Waals surface area contributed by atoms with Crippen molar-refractivity contribution >= 4 is 11.7 Å². The highest BCUT2D eigenvalue weighted by Gasteiger charge is 2.31. The van der Waals surface area contributed by atoms with Gasteiger partial charge >= 0.3 is 12.6 Å². The molecule has 1 aliphatic carbocycles. The SMILES string of the molecule is O=C(NCC1(O)CCCC1)Nc1ccc(F)cc1OC(F)F. The number of nitrogens with one attached hydrogen (secondary N) is 2. The van der Waals surface area contributed by atoms with Crippen LogP contribution in [0.3, 0.4) is 0 Å². The second kappa shape index (κ2) is 6.87. The van der Waals surface area contributed by atoms with E-state index in [1.165, 1.54) is 0 Å². The highest BCUT2D eigenvalue weighted by Crippen LogP contribution is 2.29. The summed E-state index contributed by atoms with van der Waals surface area (Å²) in [5.74, 6) is -1.23. The monoisotopic (exact) mass is 318 g/mol. The molecule has 22 heavy (non-hydrogen) atoms. The molecule has 1 fully saturated rings. The van der Waals surface area contributed by atoms with E-state index in [4.69, 9.17) is 0 Å². The van der Waals surface area contributed by atoms with E-state index in [-0.39, 0.29) is 12.2 Å². The number of urea groups is 1. The fraction of sp³-hybridized carbons (Fsp3) is 0.500. The maximum absolute atomic E-state index is 13.1. The molecule has 5 nitrogen and oxygen atoms in total. The third kappa shape index (κ3) is 4.52. The van der Waals surface area contributed by atoms with Crippen LogP contribution >= 0.6 is 0 Å². The fourth-order valence-corrected chi connectivity index (χ4v) is 2.41. The molecule has 0 aromatic heterocycles. The summed E-state index contributed by atoms with van der Waals surface area (Å²) >= 11 is 0. The zero-order chi connectivity index (χ0) is 16.2. The molecule has 0 bridgehead atoms. The smallest absolute Gasteiger partial charge is 0.387 e. The van der Waals surface area contributed by atoms with Crippen molar-refractivity contribution in [2.24, 2.45) is 0 Å². The highest BCUT2D eigenvalue weighted by molar-refractivity contribution is 5.90. The van der Waals surface area contributed by atoms with Gasteiger partial charge in [0, 0.05) is 12.6 Å². The number of rotatable bonds is 5. The van der Waals surface area contributed by atoms with E-state index in [1.807, 2.05) is 0 Å². The van der Waals surface area contributed by atoms with Gasteiger partial charge in [0.1, 0.15) is 5.82 Å². The number of ether oxygens (including phenoxy) is 1. The van der Waals surface area contributed by atoms with Crippen LogP contribution in [-0.4, -0.2) is 29.9 Å². The molecule has 0 heterocycles. The molecular weight excluding hydrogens is 301 g/mol. The molecule has 0 atom stereocenters. The van der Waals surface area contributed by atoms with Gasteiger partial charge in [-0.15, -0.1) is 0 Å². The molecule has 3 N–H and O–H groups in total. The van der Waals surface area contributed by atoms with E-state index in [9.17, 15) is 23.1 Å². The summed E-state index contributed by atoms with van der Waals surface area (Å²) in [6.45, 7) is -3.07. The topological polar surface area (TPSA) is 70.6 Å². The van der Waals surface area contributed by atoms with E-state index in [0.29, 0.717) is 12.8 Å². The molecule has 0 saturated heterocycles. The number of hydrogen-bond acceptors (Lipinski definition) is 3. The minimum atomic E-state index is -3.13. The van der Waals surface area contributed by atoms with E-state index < -0.39 is 29.8 Å². The lowest BCUT2D eigenvalue weighted by Gasteiger charge is -2.22. The Kier molecular flexibility index (Phi) is 5.12. The number of amides is 2. The van der Waals surface area contributed by atoms with Crippen molar-refractivity contribution in [3.63, 3.8) is 0 Å². The molecule has 0 aliphatic heterocycles. The van der Waals surface area contributed by atoms with Crippen molar-refractivity contribution < 1.29 is 27.8 Å². The Morgan fingerprint density at radius 2 is 2.05 bits per heavy atom. The lowest BCUT2D eigenvalue weighted by molar-refractivity contribution is -0.0495. The Bertz CT molecular complexity index is 534. The summed E-state index contributed by atoms with van der Waals surface area (Å²) in [5, 5.41) is 14.9. The van der Waals surface area contributed by atoms with Gasteiger partial charge in [-0.1, -0.05) is 12.8 Å². The van der Waals surface area contributed by atoms with Gasteiger partial charge in [0.15, 0.2) is 5.75 Å². The highest BCUT2D eigenvalue weighted by atomic mass is 19.3. The van der Waals surface area contributed by atoms with Gasteiger partial charge < -0.3 is 20.5 Å². The minimum Gasteiger partial charge on any atom is -0.432 e. The molecule has 0 unspecified atom stereocenters. The number of anilines is 1. The third-order valence-corrected chi connectivity index (χ3v) is 3.52. The average Bonchev–Trinajstić information content (AvgIpc) is 2.86. The average molecular weight is 318 g/mol. The predicted molar refractivity (Wildman–Crippen MR) is 73.5 cm³/mol. The van der Waals surface area contributed by atoms with Gasteiger partial charge in [-0.3, -0.25) is 0 Å². The van der Waals surface area contributed by atoms with Crippen LogP contribution in [0.5, 0.6) is 5.75 Å². The van der Waals surface area contributed by atoms with Crippen LogP contribution in [0.25, 0.3) is 0 Å². The molecule has 1 saturated carbocycles. The number of carbonyl (C=O) groups excluding carboxylic acids is 1. The van der Waals surface area contributed by atoms with Gasteiger partial charge in [-0.25, -0.2) is 9.18 Å². The van der Waals surface area contributed by atoms with Crippen LogP contribution in [0.1, 0.15) is 25.7 Å². The van der Waals surface area contributed by atoms with Gasteiger partial charge in [0.25, 0.3) is 0 Å². The Morgan fingerprint density at radius 1 is 1.36 bits per heavy atom. The molecule has 2 amide bonds. The largest absolute Gasteiger partial charge is 0.432 e. The maximum Gasteiger partial charge on any atom is 0.387 e. The number of aliphatic hydroxyl groups is 1. The summed E-state index contributed by atoms with van der Waals surface area (Å²) in [5.41, 5.74) is -1.01. The molecule has 1 aromatic carbocycles. The fourth-order valence-electron chi connectivity index (χ4n) is 2.41. The Balaban J connectivity index is 1.95. The summed E-state index contributed by atoms with van der Waals surface area (Å²) < 4.78 is 41.7. The second-order valence-electron chi connectivity index (χ2n) is 5.26. The van der Waals surface area contributed by atoms with Crippen LogP contribution in [-0.2, 0) is 0 Å². The first-order valence-electron chi connectivity index (χ1n) is 6.90. The molecule has 1 aromatic rings. The Hall–Kier alpha value is -1.96. The summed E-state index contributed by atoms with van der Waals surface area (Å²) in [7, 11) is 0. The first-order chi connectivity index (χ1) is 10.4. The summed E-state index contributed by atoms with van der Waals surface area (Å²) in [4.78, 5) is 11.8. The molecular formula is C14H17F3N2O3. The summed E-state index contributed by atoms with van der Waals surface area (Å²) in [6.07, 6.45) is 2.99. The number of carbonyl (C=O) groups is 1. The molecule has 0 spiro atoms. The van der Waals surface area contributed by atoms with E-state index in [2.05, 4.69) is 15.4 Å². The minimum absolute atomic E-state index is 0.0606. The lowest BCUT2D eigenvalue weighted by Crippen LogP contribution is -2.42. The number of hydrogen-bond donors (Lipinski definition) is 3. The normalized spacial score (nSPS) is 16.6. The van der Waals surface area contributed by atoms with Crippen molar-refractivity contribution in [2.45, 2.75) is 37.9 Å². The van der Waals surface area contributed by atoms with Crippen molar-refractivity contribution in [3.8, 4) is 5.75 Å². The van der Waals surface area contributed by atoms with Crippen molar-refractivity contribution in [1.82, 2.24) is 5.32 Å². The van der Waals surface area contributed by atoms with Gasteiger partial charge in [0.05, 0.1) is 11.3 Å². The molecule has 0 radical (unpaired) electrons. The zero-order valence-corrected chi connectivity index (χ0v) is 11.7. The van der Waals surface area contributed by atoms with Gasteiger partial charge in [-0.05, 0) is 25.0 Å². The number of benzene rings is 1. The summed E-state index contributed by atoms with van der Waals surface area (Å²) in [6, 6.07) is 2.20. The van der Waals surface area contributed by atoms with E-state index in [0.717, 1.165) is 31.0 Å². The molecule has 8 heteroatoms. The number of alkyl halides is 2. The first kappa shape index (κ1) is 16.4. The standard InChI is InChI=1S/C14H17F3N2O3/c15-9-3-4-10(11(7-9)22-12(16)17)19-13(20)18-8-14(21)5-1-2-6-14/h3-4,7,12,21H,1-2,5-6,8H2,(H2,18,19,20). The first-order valence-corrected chi connectivity index (χ1v) is 6.90. The van der Waals surface area contributed by atoms with Gasteiger partial charge in [-0.2, -0.15) is 8.78 Å². The van der Waals surface area contributed by atoms with Crippen molar-refractivity contribution in [2.75, 3.05) is 11.9 Å². The molecule has 2 rings (SSSR count). The third-order valence-electron chi connectivity index (χ3n) is 3.52. The van der Waals surface area contributed by atoms with E-state index in [1.54, 1.807) is 0 Å². The molecule has 122 valence electrons. The Morgan fingerprint density at radius 3 is 2.68 bits per heavy atom. The second-order valence-corrected chi connectivity index (χ2v) is 5.26. The van der Waals surface area contributed by atoms with Crippen LogP contribution in [0.2, 0.25) is 0 Å². The Labute approximate surface area is 125 Å². The van der Waals surface area contributed by atoms with E-state index >= 15 is 0 Å². The van der Waals surface area contributed by atoms with Crippen LogP contribution < -0.4 is 15.4 Å². The lowest BCUT2D eigenvalue weighted by atomic mass is 10.0. The quantitative estimate of drug-likeness (QED) is 0.782. The molecule has 1 aliphatic rings. The van der Waals surface area contributed by atoms with Crippen molar-refractivity contribution in [3.05, 3.63) is 24.0 Å². The van der Waals surface area contributed by atoms with Crippen molar-refractivity contribution in [1.29, 1.82) is 0 Å². The predicted octanol–water partition coefficient (Wildman–Crippen LogP) is 2.85. The van der Waals surface area contributed by atoms with Gasteiger partial charge in [0.2, 0.25) is 0 Å². The van der Waals surface area contributed by atoms with Crippen LogP contribution in [0, 0.1) is 5.82 Å².